The zero-order valence-corrected chi connectivity index (χ0v) is 20.0. The van der Waals surface area contributed by atoms with Crippen LogP contribution < -0.4 is 5.32 Å². The van der Waals surface area contributed by atoms with Crippen LogP contribution in [-0.4, -0.2) is 64.7 Å². The van der Waals surface area contributed by atoms with E-state index in [0.717, 1.165) is 36.6 Å². The molecular formula is C25H29N5O2S. The van der Waals surface area contributed by atoms with Crippen LogP contribution in [0, 0.1) is 0 Å². The van der Waals surface area contributed by atoms with E-state index in [1.54, 1.807) is 12.3 Å². The number of hydrogen-bond donors (Lipinski definition) is 1. The van der Waals surface area contributed by atoms with Crippen LogP contribution in [-0.2, 0) is 4.74 Å². The molecule has 0 amide bonds. The third kappa shape index (κ3) is 4.77. The minimum absolute atomic E-state index is 0.0877. The van der Waals surface area contributed by atoms with Crippen LogP contribution in [0.5, 0.6) is 0 Å². The van der Waals surface area contributed by atoms with Gasteiger partial charge in [0.05, 0.1) is 36.1 Å². The van der Waals surface area contributed by atoms with Gasteiger partial charge in [0, 0.05) is 24.6 Å². The Hall–Kier alpha value is -3.23. The number of nitrogens with zero attached hydrogens (tertiary/aromatic N) is 4. The number of methoxy groups -OCH3 is 1. The van der Waals surface area contributed by atoms with Crippen molar-refractivity contribution in [2.75, 3.05) is 34.3 Å². The number of hydrogen-bond acceptors (Lipinski definition) is 5. The normalized spacial score (nSPS) is 17.9. The van der Waals surface area contributed by atoms with Crippen molar-refractivity contribution in [2.24, 2.45) is 0 Å². The topological polar surface area (TPSA) is 62.6 Å². The molecule has 1 aromatic carbocycles. The Labute approximate surface area is 200 Å². The van der Waals surface area contributed by atoms with Crippen LogP contribution >= 0.6 is 12.2 Å². The Kier molecular flexibility index (Phi) is 7.05. The first-order chi connectivity index (χ1) is 16.0. The van der Waals surface area contributed by atoms with Crippen molar-refractivity contribution in [1.82, 2.24) is 24.7 Å². The molecular weight excluding hydrogens is 434 g/mol. The Morgan fingerprint density at radius 3 is 2.67 bits per heavy atom. The molecule has 1 aliphatic heterocycles. The standard InChI is InChI=1S/C25H29N5O2S/c1-28(2)15-9-17-30-23(22(27-25(30)33)19-11-6-7-14-26-19)21-13-8-16-29(21)20-12-5-4-10-18(20)24(31)32-3/h4-8,10-14,16,22-23H,9,15,17H2,1-3H3,(H,27,33)/t22-,23-/m0/s1. The molecule has 0 bridgehead atoms. The number of benzene rings is 1. The maximum Gasteiger partial charge on any atom is 0.339 e. The molecule has 1 aliphatic rings. The van der Waals surface area contributed by atoms with Gasteiger partial charge in [-0.3, -0.25) is 4.98 Å². The molecule has 7 nitrogen and oxygen atoms in total. The van der Waals surface area contributed by atoms with Gasteiger partial charge < -0.3 is 24.4 Å². The second kappa shape index (κ2) is 10.1. The average molecular weight is 464 g/mol. The number of ether oxygens (including phenoxy) is 1. The smallest absolute Gasteiger partial charge is 0.339 e. The summed E-state index contributed by atoms with van der Waals surface area (Å²) in [5.74, 6) is -0.366. The molecule has 0 spiro atoms. The van der Waals surface area contributed by atoms with E-state index in [-0.39, 0.29) is 18.1 Å². The molecule has 4 rings (SSSR count). The summed E-state index contributed by atoms with van der Waals surface area (Å²) in [6.45, 7) is 1.77. The van der Waals surface area contributed by atoms with Gasteiger partial charge in [-0.05, 0) is 75.7 Å². The number of rotatable bonds is 8. The summed E-state index contributed by atoms with van der Waals surface area (Å²) in [5, 5.41) is 4.21. The van der Waals surface area contributed by atoms with E-state index in [9.17, 15) is 4.79 Å². The highest BCUT2D eigenvalue weighted by Gasteiger charge is 2.41. The lowest BCUT2D eigenvalue weighted by atomic mass is 10.0. The molecule has 172 valence electrons. The Morgan fingerprint density at radius 1 is 1.15 bits per heavy atom. The van der Waals surface area contributed by atoms with Crippen molar-refractivity contribution in [2.45, 2.75) is 18.5 Å². The Bertz CT molecular complexity index is 1110. The first kappa shape index (κ1) is 22.9. The number of para-hydroxylation sites is 1. The van der Waals surface area contributed by atoms with Crippen molar-refractivity contribution in [1.29, 1.82) is 0 Å². The SMILES string of the molecule is COC(=O)c1ccccc1-n1cccc1[C@H]1[C@H](c2ccccn2)NC(=S)N1CCCN(C)C. The minimum Gasteiger partial charge on any atom is -0.465 e. The summed E-state index contributed by atoms with van der Waals surface area (Å²) in [4.78, 5) is 21.5. The van der Waals surface area contributed by atoms with Crippen molar-refractivity contribution >= 4 is 23.3 Å². The quantitative estimate of drug-likeness (QED) is 0.405. The summed E-state index contributed by atoms with van der Waals surface area (Å²) in [6, 6.07) is 17.3. The molecule has 33 heavy (non-hydrogen) atoms. The molecule has 2 atom stereocenters. The molecule has 1 fully saturated rings. The number of esters is 1. The zero-order valence-electron chi connectivity index (χ0n) is 19.1. The second-order valence-corrected chi connectivity index (χ2v) is 8.68. The van der Waals surface area contributed by atoms with E-state index in [1.807, 2.05) is 48.7 Å². The summed E-state index contributed by atoms with van der Waals surface area (Å²) in [7, 11) is 5.55. The van der Waals surface area contributed by atoms with Crippen molar-refractivity contribution < 1.29 is 9.53 Å². The fraction of sp³-hybridized carbons (Fsp3) is 0.320. The van der Waals surface area contributed by atoms with Gasteiger partial charge in [-0.1, -0.05) is 18.2 Å². The molecule has 1 saturated heterocycles. The zero-order chi connectivity index (χ0) is 23.4. The number of carbonyl (C=O) groups is 1. The van der Waals surface area contributed by atoms with Crippen molar-refractivity contribution in [3.63, 3.8) is 0 Å². The first-order valence-corrected chi connectivity index (χ1v) is 11.4. The van der Waals surface area contributed by atoms with Gasteiger partial charge in [-0.2, -0.15) is 0 Å². The van der Waals surface area contributed by atoms with Gasteiger partial charge in [0.15, 0.2) is 5.11 Å². The van der Waals surface area contributed by atoms with Gasteiger partial charge in [-0.15, -0.1) is 0 Å². The Morgan fingerprint density at radius 2 is 1.94 bits per heavy atom. The maximum atomic E-state index is 12.5. The number of thiocarbonyl (C=S) groups is 1. The van der Waals surface area contributed by atoms with Crippen molar-refractivity contribution in [3.8, 4) is 5.69 Å². The summed E-state index contributed by atoms with van der Waals surface area (Å²) < 4.78 is 7.09. The van der Waals surface area contributed by atoms with Gasteiger partial charge in [0.2, 0.25) is 0 Å². The summed E-state index contributed by atoms with van der Waals surface area (Å²) in [5.41, 5.74) is 3.24. The monoisotopic (exact) mass is 463 g/mol. The highest BCUT2D eigenvalue weighted by molar-refractivity contribution is 7.80. The number of nitrogens with one attached hydrogen (secondary N) is 1. The second-order valence-electron chi connectivity index (χ2n) is 8.29. The lowest BCUT2D eigenvalue weighted by molar-refractivity contribution is 0.0600. The number of carbonyl (C=O) groups excluding carboxylic acids is 1. The van der Waals surface area contributed by atoms with Crippen LogP contribution in [0.4, 0.5) is 0 Å². The van der Waals surface area contributed by atoms with Gasteiger partial charge in [-0.25, -0.2) is 4.79 Å². The fourth-order valence-corrected chi connectivity index (χ4v) is 4.68. The summed E-state index contributed by atoms with van der Waals surface area (Å²) >= 11 is 5.78. The van der Waals surface area contributed by atoms with Crippen molar-refractivity contribution in [3.05, 3.63) is 83.9 Å². The third-order valence-corrected chi connectivity index (χ3v) is 6.21. The average Bonchev–Trinajstić information content (AvgIpc) is 3.43. The number of aromatic nitrogens is 2. The van der Waals surface area contributed by atoms with E-state index >= 15 is 0 Å². The van der Waals surface area contributed by atoms with Crippen LogP contribution in [0.15, 0.2) is 67.0 Å². The summed E-state index contributed by atoms with van der Waals surface area (Å²) in [6.07, 6.45) is 4.75. The minimum atomic E-state index is -0.366. The molecule has 3 heterocycles. The highest BCUT2D eigenvalue weighted by Crippen LogP contribution is 2.39. The van der Waals surface area contributed by atoms with Gasteiger partial charge in [0.1, 0.15) is 0 Å². The van der Waals surface area contributed by atoms with Crippen LogP contribution in [0.2, 0.25) is 0 Å². The lowest BCUT2D eigenvalue weighted by Crippen LogP contribution is -2.33. The molecule has 0 aliphatic carbocycles. The van der Waals surface area contributed by atoms with E-state index in [4.69, 9.17) is 17.0 Å². The molecule has 3 aromatic rings. The molecule has 0 saturated carbocycles. The molecule has 1 N–H and O–H groups in total. The molecule has 0 radical (unpaired) electrons. The first-order valence-electron chi connectivity index (χ1n) is 11.0. The predicted octanol–water partition coefficient (Wildman–Crippen LogP) is 3.58. The van der Waals surface area contributed by atoms with Crippen LogP contribution in [0.25, 0.3) is 5.69 Å². The van der Waals surface area contributed by atoms with E-state index < -0.39 is 0 Å². The van der Waals surface area contributed by atoms with E-state index in [2.05, 4.69) is 44.8 Å². The highest BCUT2D eigenvalue weighted by atomic mass is 32.1. The van der Waals surface area contributed by atoms with Gasteiger partial charge >= 0.3 is 5.97 Å². The molecule has 8 heteroatoms. The maximum absolute atomic E-state index is 12.5. The Balaban J connectivity index is 1.78. The largest absolute Gasteiger partial charge is 0.465 e. The van der Waals surface area contributed by atoms with Gasteiger partial charge in [0.25, 0.3) is 0 Å². The van der Waals surface area contributed by atoms with Crippen LogP contribution in [0.3, 0.4) is 0 Å². The molecule has 2 aromatic heterocycles. The van der Waals surface area contributed by atoms with Crippen LogP contribution in [0.1, 0.15) is 40.3 Å². The lowest BCUT2D eigenvalue weighted by Gasteiger charge is -2.29. The third-order valence-electron chi connectivity index (χ3n) is 5.85. The number of pyridine rings is 1. The predicted molar refractivity (Wildman–Crippen MR) is 132 cm³/mol. The molecule has 0 unspecified atom stereocenters. The van der Waals surface area contributed by atoms with E-state index in [0.29, 0.717) is 10.7 Å². The van der Waals surface area contributed by atoms with E-state index in [1.165, 1.54) is 7.11 Å². The fourth-order valence-electron chi connectivity index (χ4n) is 4.35.